The van der Waals surface area contributed by atoms with Crippen LogP contribution in [0.2, 0.25) is 0 Å². The Labute approximate surface area is 81.7 Å². The van der Waals surface area contributed by atoms with Crippen LogP contribution < -0.4 is 0 Å². The van der Waals surface area contributed by atoms with Gasteiger partial charge in [0.1, 0.15) is 0 Å². The van der Waals surface area contributed by atoms with Crippen molar-refractivity contribution < 1.29 is 18.8 Å². The van der Waals surface area contributed by atoms with E-state index in [0.717, 1.165) is 7.11 Å². The average molecular weight is 210 g/mol. The van der Waals surface area contributed by atoms with Gasteiger partial charge in [-0.2, -0.15) is 0 Å². The number of unbranched alkanes of at least 4 members (excludes halogenated alkanes) is 4. The molecular weight excluding hydrogens is 188 g/mol. The van der Waals surface area contributed by atoms with Gasteiger partial charge in [-0.1, -0.05) is 46.0 Å². The Kier molecular flexibility index (Phi) is 12.1. The summed E-state index contributed by atoms with van der Waals surface area (Å²) in [6.07, 6.45) is 7.01. The van der Waals surface area contributed by atoms with Crippen molar-refractivity contribution in [2.75, 3.05) is 7.11 Å². The highest BCUT2D eigenvalue weighted by Crippen LogP contribution is 2.00. The van der Waals surface area contributed by atoms with Gasteiger partial charge in [0.25, 0.3) is 0 Å². The van der Waals surface area contributed by atoms with Gasteiger partial charge >= 0.3 is 9.05 Å². The van der Waals surface area contributed by atoms with E-state index in [9.17, 15) is 0 Å². The Morgan fingerprint density at radius 3 is 1.38 bits per heavy atom. The Morgan fingerprint density at radius 2 is 1.23 bits per heavy atom. The van der Waals surface area contributed by atoms with Crippen molar-refractivity contribution in [1.29, 1.82) is 0 Å². The molecule has 0 atom stereocenters. The molecule has 82 valence electrons. The maximum absolute atomic E-state index is 7.85. The molecule has 0 fully saturated rings. The molecule has 13 heavy (non-hydrogen) atoms. The second kappa shape index (κ2) is 10.1. The van der Waals surface area contributed by atoms with Crippen LogP contribution >= 0.6 is 0 Å². The standard InChI is InChI=1S/C7H16.CH6O4Si/c1-3-5-7-6-4-2;1-5-6(2,3)4/h3-7H2,1-2H3;2-4H,1H3. The smallest absolute Gasteiger partial charge is 0.368 e. The normalized spacial score (nSPS) is 10.6. The fourth-order valence-corrected chi connectivity index (χ4v) is 0.677. The lowest BCUT2D eigenvalue weighted by Gasteiger charge is -2.01. The molecule has 0 spiro atoms. The lowest BCUT2D eigenvalue weighted by atomic mass is 10.2. The van der Waals surface area contributed by atoms with Crippen molar-refractivity contribution >= 4 is 9.05 Å². The highest BCUT2D eigenvalue weighted by atomic mass is 28.4. The molecule has 0 saturated heterocycles. The third-order valence-electron chi connectivity index (χ3n) is 1.48. The van der Waals surface area contributed by atoms with Gasteiger partial charge in [0.2, 0.25) is 0 Å². The summed E-state index contributed by atoms with van der Waals surface area (Å²) in [5.74, 6) is 0. The van der Waals surface area contributed by atoms with Gasteiger partial charge in [-0.15, -0.1) is 0 Å². The Bertz CT molecular complexity index is 88.6. The summed E-state index contributed by atoms with van der Waals surface area (Å²) in [5.41, 5.74) is 0. The minimum Gasteiger partial charge on any atom is -0.368 e. The molecule has 0 aliphatic heterocycles. The molecule has 5 heteroatoms. The van der Waals surface area contributed by atoms with Crippen LogP contribution in [-0.4, -0.2) is 30.5 Å². The number of rotatable bonds is 5. The van der Waals surface area contributed by atoms with Gasteiger partial charge in [-0.25, -0.2) is 0 Å². The summed E-state index contributed by atoms with van der Waals surface area (Å²) >= 11 is 0. The summed E-state index contributed by atoms with van der Waals surface area (Å²) in [7, 11) is -3.11. The van der Waals surface area contributed by atoms with Crippen molar-refractivity contribution in [3.05, 3.63) is 0 Å². The topological polar surface area (TPSA) is 69.9 Å². The molecule has 0 aliphatic rings. The van der Waals surface area contributed by atoms with Crippen molar-refractivity contribution in [2.45, 2.75) is 46.0 Å². The minimum absolute atomic E-state index is 1.02. The fraction of sp³-hybridized carbons (Fsp3) is 1.00. The predicted octanol–water partition coefficient (Wildman–Crippen LogP) is 1.02. The van der Waals surface area contributed by atoms with E-state index in [2.05, 4.69) is 18.3 Å². The van der Waals surface area contributed by atoms with Crippen LogP contribution in [0.5, 0.6) is 0 Å². The van der Waals surface area contributed by atoms with Crippen LogP contribution in [0.15, 0.2) is 0 Å². The first-order valence-corrected chi connectivity index (χ1v) is 6.45. The van der Waals surface area contributed by atoms with E-state index in [1.165, 1.54) is 32.1 Å². The summed E-state index contributed by atoms with van der Waals surface area (Å²) in [5, 5.41) is 0. The monoisotopic (exact) mass is 210 g/mol. The van der Waals surface area contributed by atoms with Gasteiger partial charge in [0.05, 0.1) is 0 Å². The third-order valence-corrected chi connectivity index (χ3v) is 2.03. The lowest BCUT2D eigenvalue weighted by molar-refractivity contribution is 0.0881. The van der Waals surface area contributed by atoms with Crippen LogP contribution in [0.1, 0.15) is 46.0 Å². The zero-order valence-electron chi connectivity index (χ0n) is 8.79. The maximum atomic E-state index is 7.85. The molecule has 0 aromatic carbocycles. The van der Waals surface area contributed by atoms with E-state index in [1.54, 1.807) is 0 Å². The predicted molar refractivity (Wildman–Crippen MR) is 53.9 cm³/mol. The molecule has 0 saturated carbocycles. The number of hydrogen-bond donors (Lipinski definition) is 3. The molecule has 0 heterocycles. The van der Waals surface area contributed by atoms with E-state index in [4.69, 9.17) is 14.4 Å². The molecule has 0 aliphatic carbocycles. The quantitative estimate of drug-likeness (QED) is 0.468. The van der Waals surface area contributed by atoms with Crippen molar-refractivity contribution in [1.82, 2.24) is 0 Å². The summed E-state index contributed by atoms with van der Waals surface area (Å²) < 4.78 is 3.74. The van der Waals surface area contributed by atoms with Crippen LogP contribution in [0.25, 0.3) is 0 Å². The third kappa shape index (κ3) is 24.5. The van der Waals surface area contributed by atoms with Crippen molar-refractivity contribution in [3.8, 4) is 0 Å². The fourth-order valence-electron chi connectivity index (χ4n) is 0.677. The summed E-state index contributed by atoms with van der Waals surface area (Å²) in [6, 6.07) is 0. The Morgan fingerprint density at radius 1 is 0.923 bits per heavy atom. The molecule has 0 aromatic heterocycles. The molecule has 4 nitrogen and oxygen atoms in total. The summed E-state index contributed by atoms with van der Waals surface area (Å²) in [6.45, 7) is 4.49. The van der Waals surface area contributed by atoms with Gasteiger partial charge in [0, 0.05) is 7.11 Å². The first kappa shape index (κ1) is 15.5. The van der Waals surface area contributed by atoms with Gasteiger partial charge in [-0.05, 0) is 0 Å². The van der Waals surface area contributed by atoms with Crippen LogP contribution in [0, 0.1) is 0 Å². The average Bonchev–Trinajstić information content (AvgIpc) is 2.06. The second-order valence-electron chi connectivity index (χ2n) is 2.84. The number of hydrogen-bond acceptors (Lipinski definition) is 4. The van der Waals surface area contributed by atoms with Crippen LogP contribution in [0.3, 0.4) is 0 Å². The molecular formula is C8H22O4Si. The molecule has 0 unspecified atom stereocenters. The van der Waals surface area contributed by atoms with Gasteiger partial charge < -0.3 is 18.8 Å². The van der Waals surface area contributed by atoms with E-state index >= 15 is 0 Å². The molecule has 0 bridgehead atoms. The van der Waals surface area contributed by atoms with E-state index in [-0.39, 0.29) is 0 Å². The molecule has 0 radical (unpaired) electrons. The van der Waals surface area contributed by atoms with Crippen molar-refractivity contribution in [2.24, 2.45) is 0 Å². The molecule has 0 amide bonds. The molecule has 0 aromatic rings. The largest absolute Gasteiger partial charge is 0.671 e. The van der Waals surface area contributed by atoms with Gasteiger partial charge in [0.15, 0.2) is 0 Å². The lowest BCUT2D eigenvalue weighted by Crippen LogP contribution is -2.37. The Hall–Kier alpha value is 0.0569. The molecule has 0 rings (SSSR count). The minimum atomic E-state index is -4.13. The van der Waals surface area contributed by atoms with Crippen LogP contribution in [-0.2, 0) is 4.43 Å². The first-order valence-electron chi connectivity index (χ1n) is 4.70. The van der Waals surface area contributed by atoms with Gasteiger partial charge in [-0.3, -0.25) is 0 Å². The van der Waals surface area contributed by atoms with E-state index < -0.39 is 9.05 Å². The summed E-state index contributed by atoms with van der Waals surface area (Å²) in [4.78, 5) is 23.6. The zero-order valence-corrected chi connectivity index (χ0v) is 9.79. The first-order chi connectivity index (χ1) is 5.97. The van der Waals surface area contributed by atoms with E-state index in [1.807, 2.05) is 0 Å². The SMILES string of the molecule is CCCCCCC.CO[Si](O)(O)O. The highest BCUT2D eigenvalue weighted by molar-refractivity contribution is 6.48. The zero-order chi connectivity index (χ0) is 10.7. The van der Waals surface area contributed by atoms with Crippen molar-refractivity contribution in [3.63, 3.8) is 0 Å². The Balaban J connectivity index is 0. The second-order valence-corrected chi connectivity index (χ2v) is 4.39. The van der Waals surface area contributed by atoms with Crippen LogP contribution in [0.4, 0.5) is 0 Å². The maximum Gasteiger partial charge on any atom is 0.671 e. The highest BCUT2D eigenvalue weighted by Gasteiger charge is 2.27. The molecule has 3 N–H and O–H groups in total. The van der Waals surface area contributed by atoms with E-state index in [0.29, 0.717) is 0 Å².